The van der Waals surface area contributed by atoms with E-state index >= 15 is 0 Å². The molecular weight excluding hydrogens is 568 g/mol. The number of ether oxygens (including phenoxy) is 4. The first kappa shape index (κ1) is 31.8. The van der Waals surface area contributed by atoms with Crippen molar-refractivity contribution >= 4 is 27.9 Å². The zero-order valence-electron chi connectivity index (χ0n) is 23.3. The fourth-order valence-electron chi connectivity index (χ4n) is 3.56. The Morgan fingerprint density at radius 1 is 0.833 bits per heavy atom. The van der Waals surface area contributed by atoms with Crippen molar-refractivity contribution in [1.82, 2.24) is 20.3 Å². The van der Waals surface area contributed by atoms with Gasteiger partial charge in [0, 0.05) is 37.5 Å². The molecule has 13 nitrogen and oxygen atoms in total. The van der Waals surface area contributed by atoms with Crippen LogP contribution < -0.4 is 29.6 Å². The molecule has 0 fully saturated rings. The number of nitrogens with zero attached hydrogens (tertiary/aromatic N) is 1. The summed E-state index contributed by atoms with van der Waals surface area (Å²) >= 11 is 0. The van der Waals surface area contributed by atoms with E-state index in [4.69, 9.17) is 18.9 Å². The molecule has 14 heteroatoms. The predicted molar refractivity (Wildman–Crippen MR) is 151 cm³/mol. The lowest BCUT2D eigenvalue weighted by Gasteiger charge is -2.10. The van der Waals surface area contributed by atoms with Gasteiger partial charge in [0.1, 0.15) is 0 Å². The number of carbonyl (C=O) groups excluding carboxylic acids is 3. The van der Waals surface area contributed by atoms with Crippen LogP contribution in [0.4, 0.5) is 4.79 Å². The Hall–Kier alpha value is -4.69. The van der Waals surface area contributed by atoms with Gasteiger partial charge in [-0.2, -0.15) is 0 Å². The summed E-state index contributed by atoms with van der Waals surface area (Å²) in [4.78, 5) is 40.4. The van der Waals surface area contributed by atoms with Crippen LogP contribution in [0.1, 0.15) is 33.2 Å². The summed E-state index contributed by atoms with van der Waals surface area (Å²) in [6.45, 7) is 3.25. The summed E-state index contributed by atoms with van der Waals surface area (Å²) in [6.07, 6.45) is 0.856. The van der Waals surface area contributed by atoms with Gasteiger partial charge in [-0.25, -0.2) is 22.9 Å². The third-order valence-corrected chi connectivity index (χ3v) is 7.06. The fourth-order valence-corrected chi connectivity index (χ4v) is 4.53. The van der Waals surface area contributed by atoms with Gasteiger partial charge in [-0.1, -0.05) is 6.07 Å². The van der Waals surface area contributed by atoms with Crippen molar-refractivity contribution in [3.63, 3.8) is 0 Å². The highest BCUT2D eigenvalue weighted by Gasteiger charge is 2.20. The van der Waals surface area contributed by atoms with E-state index < -0.39 is 22.0 Å². The van der Waals surface area contributed by atoms with Gasteiger partial charge in [-0.3, -0.25) is 9.59 Å². The molecule has 0 spiro atoms. The van der Waals surface area contributed by atoms with E-state index in [0.717, 1.165) is 11.8 Å². The van der Waals surface area contributed by atoms with Gasteiger partial charge in [-0.05, 0) is 61.4 Å². The third kappa shape index (κ3) is 9.17. The molecule has 0 bridgehead atoms. The number of amides is 3. The molecule has 0 saturated carbocycles. The number of carbonyl (C=O) groups is 3. The summed E-state index contributed by atoms with van der Waals surface area (Å²) in [5.74, 6) is -0.222. The molecule has 2 aromatic carbocycles. The van der Waals surface area contributed by atoms with Crippen LogP contribution in [0, 0.1) is 0 Å². The molecule has 3 N–H and O–H groups in total. The average molecular weight is 601 g/mol. The van der Waals surface area contributed by atoms with Crippen molar-refractivity contribution in [2.45, 2.75) is 18.2 Å². The smallest absolute Gasteiger partial charge is 0.414 e. The van der Waals surface area contributed by atoms with Crippen molar-refractivity contribution in [3.05, 3.63) is 77.5 Å². The maximum atomic E-state index is 12.7. The summed E-state index contributed by atoms with van der Waals surface area (Å²) < 4.78 is 48.0. The van der Waals surface area contributed by atoms with Crippen LogP contribution in [0.2, 0.25) is 0 Å². The standard InChI is InChI=1S/C28H32N4O9S/c1-4-40-16-15-30-28(35)41-25-12-8-21(18-31-25)27(34)32-42(36,37)22-9-6-20(7-10-22)26(33)29-14-13-19-5-11-23(38-2)24(17-19)39-3/h5-12,17-18H,4,13-16H2,1-3H3,(H,29,33)(H,30,35)(H,32,34). The topological polar surface area (TPSA) is 171 Å². The molecule has 1 aromatic heterocycles. The summed E-state index contributed by atoms with van der Waals surface area (Å²) in [7, 11) is -1.16. The highest BCUT2D eigenvalue weighted by Crippen LogP contribution is 2.27. The first-order valence-corrected chi connectivity index (χ1v) is 14.3. The molecule has 0 saturated heterocycles. The minimum absolute atomic E-state index is 0.0758. The zero-order chi connectivity index (χ0) is 30.5. The average Bonchev–Trinajstić information content (AvgIpc) is 2.99. The second kappa shape index (κ2) is 15.3. The lowest BCUT2D eigenvalue weighted by Crippen LogP contribution is -2.31. The second-order valence-corrected chi connectivity index (χ2v) is 10.2. The zero-order valence-corrected chi connectivity index (χ0v) is 24.2. The van der Waals surface area contributed by atoms with Crippen molar-refractivity contribution in [2.24, 2.45) is 0 Å². The van der Waals surface area contributed by atoms with Crippen LogP contribution in [0.5, 0.6) is 17.4 Å². The maximum absolute atomic E-state index is 12.7. The van der Waals surface area contributed by atoms with Gasteiger partial charge in [0.05, 0.1) is 31.3 Å². The number of hydrogen-bond donors (Lipinski definition) is 3. The van der Waals surface area contributed by atoms with Gasteiger partial charge in [0.2, 0.25) is 5.88 Å². The monoisotopic (exact) mass is 600 g/mol. The molecule has 0 unspecified atom stereocenters. The van der Waals surface area contributed by atoms with Crippen molar-refractivity contribution < 1.29 is 41.7 Å². The minimum atomic E-state index is -4.25. The molecule has 3 rings (SSSR count). The molecule has 0 aliphatic rings. The number of sulfonamides is 1. The highest BCUT2D eigenvalue weighted by molar-refractivity contribution is 7.90. The fraction of sp³-hybridized carbons (Fsp3) is 0.286. The van der Waals surface area contributed by atoms with Gasteiger partial charge >= 0.3 is 6.09 Å². The van der Waals surface area contributed by atoms with Gasteiger partial charge < -0.3 is 29.6 Å². The Morgan fingerprint density at radius 2 is 1.55 bits per heavy atom. The van der Waals surface area contributed by atoms with Gasteiger partial charge in [0.15, 0.2) is 11.5 Å². The quantitative estimate of drug-likeness (QED) is 0.233. The van der Waals surface area contributed by atoms with E-state index in [1.807, 2.05) is 23.8 Å². The number of aromatic nitrogens is 1. The summed E-state index contributed by atoms with van der Waals surface area (Å²) in [6, 6.07) is 13.1. The molecule has 42 heavy (non-hydrogen) atoms. The normalized spacial score (nSPS) is 10.8. The number of benzene rings is 2. The van der Waals surface area contributed by atoms with Gasteiger partial charge in [-0.15, -0.1) is 0 Å². The largest absolute Gasteiger partial charge is 0.493 e. The van der Waals surface area contributed by atoms with Crippen LogP contribution >= 0.6 is 0 Å². The number of hydrogen-bond acceptors (Lipinski definition) is 10. The SMILES string of the molecule is CCOCCNC(=O)Oc1ccc(C(=O)NS(=O)(=O)c2ccc(C(=O)NCCc3ccc(OC)c(OC)c3)cc2)cn1. The molecule has 3 aromatic rings. The van der Waals surface area contributed by atoms with E-state index in [1.54, 1.807) is 20.3 Å². The molecule has 0 aliphatic carbocycles. The Morgan fingerprint density at radius 3 is 2.19 bits per heavy atom. The lowest BCUT2D eigenvalue weighted by atomic mass is 10.1. The molecule has 0 aliphatic heterocycles. The van der Waals surface area contributed by atoms with E-state index in [1.165, 1.54) is 36.4 Å². The third-order valence-electron chi connectivity index (χ3n) is 5.72. The van der Waals surface area contributed by atoms with E-state index in [2.05, 4.69) is 15.6 Å². The molecule has 0 atom stereocenters. The molecule has 1 heterocycles. The van der Waals surface area contributed by atoms with Crippen LogP contribution in [-0.2, 0) is 21.2 Å². The van der Waals surface area contributed by atoms with Crippen molar-refractivity contribution in [2.75, 3.05) is 40.5 Å². The van der Waals surface area contributed by atoms with Crippen molar-refractivity contribution in [3.8, 4) is 17.4 Å². The van der Waals surface area contributed by atoms with E-state index in [0.29, 0.717) is 37.7 Å². The Labute approximate surface area is 243 Å². The van der Waals surface area contributed by atoms with E-state index in [-0.39, 0.29) is 34.4 Å². The molecular formula is C28H32N4O9S. The lowest BCUT2D eigenvalue weighted by molar-refractivity contribution is 0.0951. The minimum Gasteiger partial charge on any atom is -0.493 e. The van der Waals surface area contributed by atoms with Crippen molar-refractivity contribution in [1.29, 1.82) is 0 Å². The highest BCUT2D eigenvalue weighted by atomic mass is 32.2. The van der Waals surface area contributed by atoms with Crippen LogP contribution in [-0.4, -0.2) is 71.8 Å². The first-order chi connectivity index (χ1) is 20.2. The Balaban J connectivity index is 1.51. The molecule has 0 radical (unpaired) electrons. The first-order valence-electron chi connectivity index (χ1n) is 12.8. The number of rotatable bonds is 14. The molecule has 224 valence electrons. The van der Waals surface area contributed by atoms with Gasteiger partial charge in [0.25, 0.3) is 21.8 Å². The Kier molecular flexibility index (Phi) is 11.6. The summed E-state index contributed by atoms with van der Waals surface area (Å²) in [5, 5.41) is 5.25. The molecule has 3 amide bonds. The second-order valence-electron chi connectivity index (χ2n) is 8.55. The van der Waals surface area contributed by atoms with Crippen LogP contribution in [0.15, 0.2) is 65.7 Å². The van der Waals surface area contributed by atoms with E-state index in [9.17, 15) is 22.8 Å². The number of nitrogens with one attached hydrogen (secondary N) is 3. The predicted octanol–water partition coefficient (Wildman–Crippen LogP) is 2.31. The van der Waals surface area contributed by atoms with Crippen LogP contribution in [0.25, 0.3) is 0 Å². The number of methoxy groups -OCH3 is 2. The summed E-state index contributed by atoms with van der Waals surface area (Å²) in [5.41, 5.74) is 1.10. The Bertz CT molecular complexity index is 1480. The maximum Gasteiger partial charge on any atom is 0.414 e. The number of pyridine rings is 1. The van der Waals surface area contributed by atoms with Crippen LogP contribution in [0.3, 0.4) is 0 Å².